The molecular weight excluding hydrogens is 332 g/mol. The van der Waals surface area contributed by atoms with Crippen LogP contribution in [-0.2, 0) is 17.9 Å². The predicted octanol–water partition coefficient (Wildman–Crippen LogP) is 2.51. The summed E-state index contributed by atoms with van der Waals surface area (Å²) in [7, 11) is 5.39. The zero-order valence-electron chi connectivity index (χ0n) is 15.4. The molecule has 0 unspecified atom stereocenters. The topological polar surface area (TPSA) is 51.2 Å². The van der Waals surface area contributed by atoms with Gasteiger partial charge in [0.25, 0.3) is 0 Å². The van der Waals surface area contributed by atoms with Crippen LogP contribution < -0.4 is 14.2 Å². The number of amides is 1. The third kappa shape index (κ3) is 4.46. The van der Waals surface area contributed by atoms with E-state index < -0.39 is 0 Å². The first kappa shape index (κ1) is 18.1. The maximum atomic E-state index is 12.5. The van der Waals surface area contributed by atoms with Crippen LogP contribution in [0.25, 0.3) is 0 Å². The number of nitrogens with zero attached hydrogens (tertiary/aromatic N) is 2. The summed E-state index contributed by atoms with van der Waals surface area (Å²) >= 11 is 0. The van der Waals surface area contributed by atoms with E-state index in [1.165, 1.54) is 0 Å². The molecule has 6 nitrogen and oxygen atoms in total. The Labute approximate surface area is 153 Å². The summed E-state index contributed by atoms with van der Waals surface area (Å²) in [5.74, 6) is 2.39. The molecule has 0 aromatic heterocycles. The minimum atomic E-state index is 0.0658. The van der Waals surface area contributed by atoms with Crippen molar-refractivity contribution in [3.05, 3.63) is 53.6 Å². The highest BCUT2D eigenvalue weighted by Gasteiger charge is 2.16. The lowest BCUT2D eigenvalue weighted by Crippen LogP contribution is -2.36. The molecule has 2 aromatic rings. The molecule has 0 bridgehead atoms. The second-order valence-corrected chi connectivity index (χ2v) is 6.46. The summed E-state index contributed by atoms with van der Waals surface area (Å²) in [5, 5.41) is 0. The zero-order valence-corrected chi connectivity index (χ0v) is 15.4. The fourth-order valence-corrected chi connectivity index (χ4v) is 2.89. The molecule has 0 radical (unpaired) electrons. The van der Waals surface area contributed by atoms with E-state index in [4.69, 9.17) is 14.2 Å². The van der Waals surface area contributed by atoms with Crippen molar-refractivity contribution in [3.63, 3.8) is 0 Å². The summed E-state index contributed by atoms with van der Waals surface area (Å²) in [5.41, 5.74) is 2.12. The molecule has 2 aromatic carbocycles. The molecule has 0 saturated carbocycles. The number of carbonyl (C=O) groups is 1. The lowest BCUT2D eigenvalue weighted by atomic mass is 10.2. The van der Waals surface area contributed by atoms with E-state index in [0.717, 1.165) is 28.4 Å². The van der Waals surface area contributed by atoms with Crippen molar-refractivity contribution in [2.24, 2.45) is 0 Å². The summed E-state index contributed by atoms with van der Waals surface area (Å²) in [6.07, 6.45) is 0. The largest absolute Gasteiger partial charge is 0.497 e. The van der Waals surface area contributed by atoms with Gasteiger partial charge >= 0.3 is 0 Å². The number of benzene rings is 2. The summed E-state index contributed by atoms with van der Waals surface area (Å²) in [4.78, 5) is 16.2. The van der Waals surface area contributed by atoms with E-state index in [1.807, 2.05) is 61.5 Å². The van der Waals surface area contributed by atoms with Crippen molar-refractivity contribution in [1.29, 1.82) is 0 Å². The smallest absolute Gasteiger partial charge is 0.236 e. The first-order valence-corrected chi connectivity index (χ1v) is 8.49. The van der Waals surface area contributed by atoms with Gasteiger partial charge in [-0.05, 0) is 42.4 Å². The predicted molar refractivity (Wildman–Crippen MR) is 98.4 cm³/mol. The Morgan fingerprint density at radius 1 is 1.04 bits per heavy atom. The van der Waals surface area contributed by atoms with Crippen molar-refractivity contribution in [2.75, 3.05) is 34.5 Å². The molecule has 6 heteroatoms. The van der Waals surface area contributed by atoms with Crippen LogP contribution in [0, 0.1) is 0 Å². The molecule has 26 heavy (non-hydrogen) atoms. The van der Waals surface area contributed by atoms with Gasteiger partial charge in [-0.2, -0.15) is 0 Å². The Balaban J connectivity index is 1.53. The minimum absolute atomic E-state index is 0.0658. The second kappa shape index (κ2) is 8.10. The van der Waals surface area contributed by atoms with Crippen molar-refractivity contribution < 1.29 is 19.0 Å². The van der Waals surface area contributed by atoms with E-state index in [-0.39, 0.29) is 12.7 Å². The number of carbonyl (C=O) groups excluding carboxylic acids is 1. The summed E-state index contributed by atoms with van der Waals surface area (Å²) in [6, 6.07) is 13.6. The third-order valence-electron chi connectivity index (χ3n) is 4.27. The minimum Gasteiger partial charge on any atom is -0.497 e. The molecule has 0 N–H and O–H groups in total. The molecule has 3 rings (SSSR count). The van der Waals surface area contributed by atoms with E-state index in [2.05, 4.69) is 0 Å². The van der Waals surface area contributed by atoms with Crippen molar-refractivity contribution in [1.82, 2.24) is 9.80 Å². The summed E-state index contributed by atoms with van der Waals surface area (Å²) < 4.78 is 15.9. The van der Waals surface area contributed by atoms with Crippen LogP contribution in [0.2, 0.25) is 0 Å². The Hall–Kier alpha value is -2.73. The van der Waals surface area contributed by atoms with Crippen LogP contribution in [-0.4, -0.2) is 50.2 Å². The van der Waals surface area contributed by atoms with Crippen LogP contribution in [0.3, 0.4) is 0 Å². The number of likely N-dealkylation sites (N-methyl/N-ethyl adjacent to an activating group) is 2. The van der Waals surface area contributed by atoms with Gasteiger partial charge in [0.2, 0.25) is 12.7 Å². The van der Waals surface area contributed by atoms with E-state index in [9.17, 15) is 4.79 Å². The average Bonchev–Trinajstić information content (AvgIpc) is 3.09. The Morgan fingerprint density at radius 3 is 2.62 bits per heavy atom. The molecule has 1 aliphatic rings. The first-order valence-electron chi connectivity index (χ1n) is 8.49. The van der Waals surface area contributed by atoms with Gasteiger partial charge in [-0.25, -0.2) is 0 Å². The number of rotatable bonds is 7. The van der Waals surface area contributed by atoms with Gasteiger partial charge in [-0.1, -0.05) is 18.2 Å². The van der Waals surface area contributed by atoms with Crippen molar-refractivity contribution >= 4 is 5.91 Å². The molecule has 0 saturated heterocycles. The first-order chi connectivity index (χ1) is 12.5. The monoisotopic (exact) mass is 356 g/mol. The molecule has 1 heterocycles. The van der Waals surface area contributed by atoms with E-state index in [0.29, 0.717) is 19.6 Å². The average molecular weight is 356 g/mol. The maximum Gasteiger partial charge on any atom is 0.236 e. The number of ether oxygens (including phenoxy) is 3. The number of fused-ring (bicyclic) bond motifs is 1. The Morgan fingerprint density at radius 2 is 1.81 bits per heavy atom. The van der Waals surface area contributed by atoms with Gasteiger partial charge < -0.3 is 19.1 Å². The Kier molecular flexibility index (Phi) is 5.63. The van der Waals surface area contributed by atoms with Gasteiger partial charge in [0.1, 0.15) is 5.75 Å². The Bertz CT molecular complexity index is 778. The zero-order chi connectivity index (χ0) is 18.5. The van der Waals surface area contributed by atoms with Crippen LogP contribution in [0.15, 0.2) is 42.5 Å². The number of methoxy groups -OCH3 is 1. The molecule has 0 atom stereocenters. The fraction of sp³-hybridized carbons (Fsp3) is 0.350. The molecule has 0 aliphatic carbocycles. The maximum absolute atomic E-state index is 12.5. The van der Waals surface area contributed by atoms with Gasteiger partial charge in [-0.3, -0.25) is 9.69 Å². The van der Waals surface area contributed by atoms with Gasteiger partial charge in [-0.15, -0.1) is 0 Å². The number of hydrogen-bond donors (Lipinski definition) is 0. The summed E-state index contributed by atoms with van der Waals surface area (Å²) in [6.45, 7) is 1.82. The highest BCUT2D eigenvalue weighted by molar-refractivity contribution is 5.78. The molecular formula is C20H24N2O4. The molecule has 0 fully saturated rings. The van der Waals surface area contributed by atoms with Crippen molar-refractivity contribution in [3.8, 4) is 17.2 Å². The highest BCUT2D eigenvalue weighted by Crippen LogP contribution is 2.32. The van der Waals surface area contributed by atoms with E-state index in [1.54, 1.807) is 12.0 Å². The van der Waals surface area contributed by atoms with Crippen LogP contribution >= 0.6 is 0 Å². The molecule has 1 aliphatic heterocycles. The van der Waals surface area contributed by atoms with Gasteiger partial charge in [0.05, 0.1) is 13.7 Å². The number of hydrogen-bond acceptors (Lipinski definition) is 5. The second-order valence-electron chi connectivity index (χ2n) is 6.46. The molecule has 1 amide bonds. The third-order valence-corrected chi connectivity index (χ3v) is 4.27. The normalized spacial score (nSPS) is 12.3. The van der Waals surface area contributed by atoms with E-state index >= 15 is 0 Å². The van der Waals surface area contributed by atoms with Crippen LogP contribution in [0.5, 0.6) is 17.2 Å². The van der Waals surface area contributed by atoms with Gasteiger partial charge in [0.15, 0.2) is 11.5 Å². The van der Waals surface area contributed by atoms with Crippen LogP contribution in [0.1, 0.15) is 11.1 Å². The quantitative estimate of drug-likeness (QED) is 0.763. The lowest BCUT2D eigenvalue weighted by molar-refractivity contribution is -0.131. The van der Waals surface area contributed by atoms with Crippen LogP contribution in [0.4, 0.5) is 0 Å². The highest BCUT2D eigenvalue weighted by atomic mass is 16.7. The van der Waals surface area contributed by atoms with Crippen molar-refractivity contribution in [2.45, 2.75) is 13.1 Å². The lowest BCUT2D eigenvalue weighted by Gasteiger charge is -2.22. The standard InChI is InChI=1S/C20H24N2O4/c1-21(11-16-7-8-18-19(10-16)26-14-25-18)13-20(23)22(2)12-15-5-4-6-17(9-15)24-3/h4-10H,11-14H2,1-3H3. The fourth-order valence-electron chi connectivity index (χ4n) is 2.89. The van der Waals surface area contributed by atoms with Gasteiger partial charge in [0, 0.05) is 20.1 Å². The molecule has 138 valence electrons. The molecule has 0 spiro atoms. The SMILES string of the molecule is COc1cccc(CN(C)C(=O)CN(C)Cc2ccc3c(c2)OCO3)c1.